The van der Waals surface area contributed by atoms with Crippen LogP contribution in [-0.2, 0) is 11.3 Å². The second kappa shape index (κ2) is 9.30. The van der Waals surface area contributed by atoms with Gasteiger partial charge in [0, 0.05) is 10.6 Å². The molecule has 0 radical (unpaired) electrons. The Morgan fingerprint density at radius 3 is 2.68 bits per heavy atom. The Morgan fingerprint density at radius 2 is 2.00 bits per heavy atom. The molecule has 2 aromatic rings. The van der Waals surface area contributed by atoms with Crippen molar-refractivity contribution in [3.63, 3.8) is 0 Å². The molecule has 0 aliphatic carbocycles. The van der Waals surface area contributed by atoms with Crippen LogP contribution in [0.1, 0.15) is 4.88 Å². The smallest absolute Gasteiger partial charge is 0.230 e. The molecule has 1 heterocycles. The molecule has 1 N–H and O–H groups in total. The summed E-state index contributed by atoms with van der Waals surface area (Å²) < 4.78 is 5.55. The van der Waals surface area contributed by atoms with E-state index in [2.05, 4.69) is 5.32 Å². The molecule has 3 nitrogen and oxygen atoms in total. The van der Waals surface area contributed by atoms with Crippen LogP contribution in [0.5, 0.6) is 5.75 Å². The van der Waals surface area contributed by atoms with Crippen LogP contribution in [-0.4, -0.2) is 24.0 Å². The molecular formula is C15H15Cl2NO2S2. The number of hydrogen-bond donors (Lipinski definition) is 1. The van der Waals surface area contributed by atoms with Crippen molar-refractivity contribution in [1.82, 2.24) is 5.32 Å². The van der Waals surface area contributed by atoms with Crippen LogP contribution in [0.15, 0.2) is 35.7 Å². The van der Waals surface area contributed by atoms with Gasteiger partial charge >= 0.3 is 0 Å². The van der Waals surface area contributed by atoms with Gasteiger partial charge in [-0.05, 0) is 23.6 Å². The first-order chi connectivity index (χ1) is 10.7. The number of amides is 1. The summed E-state index contributed by atoms with van der Waals surface area (Å²) in [5, 5.41) is 5.86. The molecule has 1 aromatic carbocycles. The summed E-state index contributed by atoms with van der Waals surface area (Å²) >= 11 is 15.1. The van der Waals surface area contributed by atoms with Crippen molar-refractivity contribution < 1.29 is 9.53 Å². The van der Waals surface area contributed by atoms with Crippen molar-refractivity contribution in [2.24, 2.45) is 0 Å². The van der Waals surface area contributed by atoms with Gasteiger partial charge in [-0.2, -0.15) is 0 Å². The first kappa shape index (κ1) is 17.5. The minimum Gasteiger partial charge on any atom is -0.490 e. The lowest BCUT2D eigenvalue weighted by atomic mass is 10.3. The fourth-order valence-corrected chi connectivity index (χ4v) is 3.42. The van der Waals surface area contributed by atoms with Crippen LogP contribution in [0.3, 0.4) is 0 Å². The Morgan fingerprint density at radius 1 is 1.23 bits per heavy atom. The minimum absolute atomic E-state index is 0.0224. The van der Waals surface area contributed by atoms with Crippen LogP contribution in [0, 0.1) is 0 Å². The van der Waals surface area contributed by atoms with Gasteiger partial charge in [-0.15, -0.1) is 23.1 Å². The number of hydrogen-bond acceptors (Lipinski definition) is 4. The number of halogens is 2. The summed E-state index contributed by atoms with van der Waals surface area (Å²) in [5.41, 5.74) is 0. The summed E-state index contributed by atoms with van der Waals surface area (Å²) in [4.78, 5) is 12.8. The van der Waals surface area contributed by atoms with Crippen LogP contribution < -0.4 is 10.1 Å². The minimum atomic E-state index is 0.0224. The van der Waals surface area contributed by atoms with Gasteiger partial charge in [0.25, 0.3) is 0 Å². The first-order valence-electron chi connectivity index (χ1n) is 6.60. The molecule has 0 unspecified atom stereocenters. The summed E-state index contributed by atoms with van der Waals surface area (Å²) in [6, 6.07) is 9.20. The monoisotopic (exact) mass is 375 g/mol. The Kier molecular flexibility index (Phi) is 7.39. The normalized spacial score (nSPS) is 10.5. The van der Waals surface area contributed by atoms with E-state index in [0.717, 1.165) is 4.88 Å². The van der Waals surface area contributed by atoms with E-state index >= 15 is 0 Å². The van der Waals surface area contributed by atoms with Gasteiger partial charge in [0.2, 0.25) is 5.91 Å². The number of thiophene rings is 1. The van der Waals surface area contributed by atoms with E-state index in [1.165, 1.54) is 11.8 Å². The molecule has 1 amide bonds. The molecule has 0 bridgehead atoms. The highest BCUT2D eigenvalue weighted by Crippen LogP contribution is 2.32. The maximum absolute atomic E-state index is 11.7. The first-order valence-corrected chi connectivity index (χ1v) is 9.39. The topological polar surface area (TPSA) is 38.3 Å². The fourth-order valence-electron chi connectivity index (χ4n) is 1.64. The van der Waals surface area contributed by atoms with Crippen molar-refractivity contribution in [3.8, 4) is 5.75 Å². The predicted molar refractivity (Wildman–Crippen MR) is 95.4 cm³/mol. The van der Waals surface area contributed by atoms with E-state index in [0.29, 0.717) is 40.5 Å². The maximum atomic E-state index is 11.7. The Hall–Kier alpha value is -0.880. The zero-order valence-electron chi connectivity index (χ0n) is 11.7. The van der Waals surface area contributed by atoms with Gasteiger partial charge in [0.1, 0.15) is 0 Å². The molecule has 0 saturated carbocycles. The molecule has 0 aliphatic rings. The van der Waals surface area contributed by atoms with E-state index in [4.69, 9.17) is 27.9 Å². The second-order valence-corrected chi connectivity index (χ2v) is 7.26. The lowest BCUT2D eigenvalue weighted by Crippen LogP contribution is -2.24. The van der Waals surface area contributed by atoms with Gasteiger partial charge in [-0.25, -0.2) is 0 Å². The van der Waals surface area contributed by atoms with E-state index < -0.39 is 0 Å². The highest BCUT2D eigenvalue weighted by atomic mass is 35.5. The van der Waals surface area contributed by atoms with Crippen LogP contribution in [0.25, 0.3) is 0 Å². The lowest BCUT2D eigenvalue weighted by Gasteiger charge is -2.09. The Balaban J connectivity index is 1.60. The molecule has 0 spiro atoms. The van der Waals surface area contributed by atoms with Gasteiger partial charge in [-0.3, -0.25) is 4.79 Å². The number of carbonyl (C=O) groups is 1. The molecule has 118 valence electrons. The third-order valence-electron chi connectivity index (χ3n) is 2.67. The third kappa shape index (κ3) is 5.72. The van der Waals surface area contributed by atoms with Gasteiger partial charge in [-0.1, -0.05) is 35.3 Å². The molecule has 1 aromatic heterocycles. The summed E-state index contributed by atoms with van der Waals surface area (Å²) in [5.74, 6) is 1.61. The van der Waals surface area contributed by atoms with E-state index in [-0.39, 0.29) is 5.91 Å². The van der Waals surface area contributed by atoms with Crippen molar-refractivity contribution in [2.45, 2.75) is 6.54 Å². The fraction of sp³-hybridized carbons (Fsp3) is 0.267. The van der Waals surface area contributed by atoms with Crippen molar-refractivity contribution in [3.05, 3.63) is 50.6 Å². The van der Waals surface area contributed by atoms with Gasteiger partial charge in [0.05, 0.1) is 28.9 Å². The lowest BCUT2D eigenvalue weighted by molar-refractivity contribution is -0.118. The number of carbonyl (C=O) groups excluding carboxylic acids is 1. The van der Waals surface area contributed by atoms with E-state index in [9.17, 15) is 4.79 Å². The largest absolute Gasteiger partial charge is 0.490 e. The van der Waals surface area contributed by atoms with Crippen molar-refractivity contribution in [2.75, 3.05) is 18.1 Å². The quantitative estimate of drug-likeness (QED) is 0.691. The van der Waals surface area contributed by atoms with Crippen molar-refractivity contribution in [1.29, 1.82) is 0 Å². The SMILES string of the molecule is O=C(CSCCOc1c(Cl)cccc1Cl)NCc1cccs1. The van der Waals surface area contributed by atoms with E-state index in [1.54, 1.807) is 29.5 Å². The number of rotatable bonds is 8. The average Bonchev–Trinajstić information content (AvgIpc) is 3.01. The molecule has 7 heteroatoms. The molecular weight excluding hydrogens is 361 g/mol. The second-order valence-electron chi connectivity index (χ2n) is 4.31. The predicted octanol–water partition coefficient (Wildman–Crippen LogP) is 4.48. The molecule has 22 heavy (non-hydrogen) atoms. The highest BCUT2D eigenvalue weighted by Gasteiger charge is 2.07. The van der Waals surface area contributed by atoms with Crippen LogP contribution in [0.2, 0.25) is 10.0 Å². The van der Waals surface area contributed by atoms with Crippen LogP contribution >= 0.6 is 46.3 Å². The zero-order valence-corrected chi connectivity index (χ0v) is 14.8. The highest BCUT2D eigenvalue weighted by molar-refractivity contribution is 7.99. The maximum Gasteiger partial charge on any atom is 0.230 e. The number of nitrogens with one attached hydrogen (secondary N) is 1. The summed E-state index contributed by atoms with van der Waals surface area (Å²) in [6.45, 7) is 1.04. The number of ether oxygens (including phenoxy) is 1. The summed E-state index contributed by atoms with van der Waals surface area (Å²) in [6.07, 6.45) is 0. The molecule has 0 aliphatic heterocycles. The van der Waals surface area contributed by atoms with Crippen molar-refractivity contribution >= 4 is 52.2 Å². The average molecular weight is 376 g/mol. The Bertz CT molecular complexity index is 585. The molecule has 0 saturated heterocycles. The number of benzene rings is 1. The van der Waals surface area contributed by atoms with Gasteiger partial charge in [0.15, 0.2) is 5.75 Å². The summed E-state index contributed by atoms with van der Waals surface area (Å²) in [7, 11) is 0. The number of thioether (sulfide) groups is 1. The van der Waals surface area contributed by atoms with Crippen LogP contribution in [0.4, 0.5) is 0 Å². The Labute approximate surface area is 148 Å². The zero-order chi connectivity index (χ0) is 15.8. The molecule has 0 atom stereocenters. The van der Waals surface area contributed by atoms with E-state index in [1.807, 2.05) is 17.5 Å². The molecule has 2 rings (SSSR count). The van der Waals surface area contributed by atoms with Gasteiger partial charge < -0.3 is 10.1 Å². The number of para-hydroxylation sites is 1. The molecule has 0 fully saturated rings. The standard InChI is InChI=1S/C15H15Cl2NO2S2/c16-12-4-1-5-13(17)15(12)20-6-8-21-10-14(19)18-9-11-3-2-7-22-11/h1-5,7H,6,8-10H2,(H,18,19). The third-order valence-corrected chi connectivity index (χ3v) is 5.06.